The minimum atomic E-state index is -1.36. The highest BCUT2D eigenvalue weighted by molar-refractivity contribution is 6.06. The van der Waals surface area contributed by atoms with Crippen molar-refractivity contribution in [2.45, 2.75) is 137 Å². The SMILES string of the molecule is COC1=CC(=O)N(C(=O)[C@@H](OC(=O)[C@@H](C)N(C)C(=O)[C@@H]2CCCN2C(=O)[C@H](C(C)C)N(C)C(=O)[C@@H](NC(=O)[C@H](C(C)C)N(Cc2ccccc2)Cc2ccccc2)C(C)C)C(C)C)[C@H]1Cc1ccccc1. The van der Waals surface area contributed by atoms with Crippen molar-refractivity contribution in [3.8, 4) is 0 Å². The number of esters is 1. The van der Waals surface area contributed by atoms with Crippen molar-refractivity contribution in [3.05, 3.63) is 120 Å². The van der Waals surface area contributed by atoms with E-state index in [1.54, 1.807) is 20.9 Å². The maximum atomic E-state index is 14.8. The summed E-state index contributed by atoms with van der Waals surface area (Å²) in [7, 11) is 4.45. The second-order valence-electron chi connectivity index (χ2n) is 20.4. The third-order valence-electron chi connectivity index (χ3n) is 13.7. The van der Waals surface area contributed by atoms with Crippen LogP contribution in [0.15, 0.2) is 103 Å². The molecule has 384 valence electrons. The molecule has 2 aliphatic heterocycles. The summed E-state index contributed by atoms with van der Waals surface area (Å²) in [6, 6.07) is 23.8. The number of imide groups is 1. The molecular formula is C56H76N6O9. The van der Waals surface area contributed by atoms with E-state index in [4.69, 9.17) is 9.47 Å². The number of likely N-dealkylation sites (N-methyl/N-ethyl adjacent to an activating group) is 2. The molecule has 71 heavy (non-hydrogen) atoms. The van der Waals surface area contributed by atoms with Crippen LogP contribution in [0.1, 0.15) is 91.8 Å². The van der Waals surface area contributed by atoms with Crippen LogP contribution in [0, 0.1) is 23.7 Å². The molecule has 5 rings (SSSR count). The average molecular weight is 977 g/mol. The quantitative estimate of drug-likeness (QED) is 0.114. The zero-order valence-electron chi connectivity index (χ0n) is 43.7. The first-order valence-electron chi connectivity index (χ1n) is 25.0. The van der Waals surface area contributed by atoms with Crippen molar-refractivity contribution in [2.24, 2.45) is 23.7 Å². The number of amides is 6. The molecular weight excluding hydrogens is 901 g/mol. The van der Waals surface area contributed by atoms with E-state index in [-0.39, 0.29) is 30.2 Å². The number of hydrogen-bond donors (Lipinski definition) is 1. The van der Waals surface area contributed by atoms with Gasteiger partial charge in [-0.2, -0.15) is 0 Å². The number of ether oxygens (including phenoxy) is 2. The molecule has 3 aromatic carbocycles. The Hall–Kier alpha value is -6.35. The van der Waals surface area contributed by atoms with Gasteiger partial charge in [-0.05, 0) is 60.1 Å². The summed E-state index contributed by atoms with van der Waals surface area (Å²) in [5.41, 5.74) is 2.97. The lowest BCUT2D eigenvalue weighted by atomic mass is 9.95. The van der Waals surface area contributed by atoms with Crippen LogP contribution in [0.5, 0.6) is 0 Å². The summed E-state index contributed by atoms with van der Waals surface area (Å²) in [5, 5.41) is 3.11. The van der Waals surface area contributed by atoms with Gasteiger partial charge in [-0.1, -0.05) is 146 Å². The Kier molecular flexibility index (Phi) is 19.7. The highest BCUT2D eigenvalue weighted by atomic mass is 16.6. The van der Waals surface area contributed by atoms with E-state index in [9.17, 15) is 33.6 Å². The van der Waals surface area contributed by atoms with E-state index >= 15 is 0 Å². The summed E-state index contributed by atoms with van der Waals surface area (Å²) >= 11 is 0. The Morgan fingerprint density at radius 3 is 1.68 bits per heavy atom. The lowest BCUT2D eigenvalue weighted by Gasteiger charge is -2.39. The Morgan fingerprint density at radius 1 is 0.676 bits per heavy atom. The molecule has 1 saturated heterocycles. The maximum Gasteiger partial charge on any atom is 0.329 e. The Balaban J connectivity index is 1.29. The minimum absolute atomic E-state index is 0.125. The molecule has 0 spiro atoms. The second-order valence-corrected chi connectivity index (χ2v) is 20.4. The summed E-state index contributed by atoms with van der Waals surface area (Å²) in [5.74, 6) is -4.86. The first-order valence-corrected chi connectivity index (χ1v) is 25.0. The molecule has 0 aromatic heterocycles. The summed E-state index contributed by atoms with van der Waals surface area (Å²) in [6.07, 6.45) is 1.04. The number of nitrogens with one attached hydrogen (secondary N) is 1. The number of methoxy groups -OCH3 is 1. The van der Waals surface area contributed by atoms with Gasteiger partial charge in [0, 0.05) is 46.2 Å². The van der Waals surface area contributed by atoms with Crippen molar-refractivity contribution < 1.29 is 43.0 Å². The molecule has 2 aliphatic rings. The molecule has 0 radical (unpaired) electrons. The highest BCUT2D eigenvalue weighted by Gasteiger charge is 2.46. The number of rotatable bonds is 22. The Morgan fingerprint density at radius 2 is 1.20 bits per heavy atom. The number of nitrogens with zero attached hydrogens (tertiary/aromatic N) is 5. The van der Waals surface area contributed by atoms with E-state index in [0.29, 0.717) is 38.1 Å². The molecule has 7 atom stereocenters. The zero-order valence-corrected chi connectivity index (χ0v) is 43.7. The Labute approximate surface area is 420 Å². The summed E-state index contributed by atoms with van der Waals surface area (Å²) < 4.78 is 11.4. The van der Waals surface area contributed by atoms with Gasteiger partial charge in [0.2, 0.25) is 23.6 Å². The molecule has 0 aliphatic carbocycles. The molecule has 2 heterocycles. The number of carbonyl (C=O) groups excluding carboxylic acids is 7. The van der Waals surface area contributed by atoms with Gasteiger partial charge in [-0.15, -0.1) is 0 Å². The lowest BCUT2D eigenvalue weighted by Crippen LogP contribution is -2.61. The van der Waals surface area contributed by atoms with E-state index in [1.807, 2.05) is 133 Å². The van der Waals surface area contributed by atoms with E-state index in [2.05, 4.69) is 10.2 Å². The number of carbonyl (C=O) groups is 7. The van der Waals surface area contributed by atoms with Gasteiger partial charge >= 0.3 is 5.97 Å². The van der Waals surface area contributed by atoms with Crippen molar-refractivity contribution in [1.29, 1.82) is 0 Å². The minimum Gasteiger partial charge on any atom is -0.499 e. The van der Waals surface area contributed by atoms with Crippen LogP contribution >= 0.6 is 0 Å². The van der Waals surface area contributed by atoms with Gasteiger partial charge in [0.25, 0.3) is 11.8 Å². The fourth-order valence-corrected chi connectivity index (χ4v) is 9.71. The molecule has 1 N–H and O–H groups in total. The largest absolute Gasteiger partial charge is 0.499 e. The number of benzene rings is 3. The van der Waals surface area contributed by atoms with Crippen LogP contribution in [0.3, 0.4) is 0 Å². The lowest BCUT2D eigenvalue weighted by molar-refractivity contribution is -0.170. The predicted octanol–water partition coefficient (Wildman–Crippen LogP) is 6.25. The van der Waals surface area contributed by atoms with E-state index < -0.39 is 83.8 Å². The number of likely N-dealkylation sites (tertiary alicyclic amines) is 1. The van der Waals surface area contributed by atoms with Gasteiger partial charge in [0.1, 0.15) is 36.0 Å². The van der Waals surface area contributed by atoms with Crippen LogP contribution in [-0.4, -0.2) is 136 Å². The van der Waals surface area contributed by atoms with Crippen LogP contribution in [0.2, 0.25) is 0 Å². The predicted molar refractivity (Wildman–Crippen MR) is 271 cm³/mol. The zero-order chi connectivity index (χ0) is 52.3. The summed E-state index contributed by atoms with van der Waals surface area (Å²) in [6.45, 7) is 17.5. The topological polar surface area (TPSA) is 166 Å². The first-order chi connectivity index (χ1) is 33.7. The fourth-order valence-electron chi connectivity index (χ4n) is 9.71. The van der Waals surface area contributed by atoms with Crippen molar-refractivity contribution >= 4 is 41.4 Å². The second kappa shape index (κ2) is 25.2. The maximum absolute atomic E-state index is 14.8. The molecule has 3 aromatic rings. The van der Waals surface area contributed by atoms with Crippen LogP contribution in [0.4, 0.5) is 0 Å². The highest BCUT2D eigenvalue weighted by Crippen LogP contribution is 2.29. The molecule has 6 amide bonds. The molecule has 0 saturated carbocycles. The molecule has 1 fully saturated rings. The molecule has 15 nitrogen and oxygen atoms in total. The fraction of sp³-hybridized carbons (Fsp3) is 0.518. The molecule has 0 unspecified atom stereocenters. The average Bonchev–Trinajstić information content (AvgIpc) is 3.96. The van der Waals surface area contributed by atoms with Gasteiger partial charge in [-0.25, -0.2) is 4.79 Å². The standard InChI is InChI=1S/C56H76N6O9/c1-35(2)47(57-51(64)48(36(3)4)60(33-41-25-18-14-19-26-41)34-42-27-20-15-21-28-42)53(66)59(11)49(37(5)6)54(67)61-30-22-29-43(61)52(65)58(10)39(9)56(69)71-50(38(7)8)55(68)62-44(45(70-12)32-46(62)63)31-40-23-16-13-17-24-40/h13-21,23-28,32,35-39,43-44,47-50H,22,29-31,33-34H2,1-12H3,(H,57,64)/t39-,43+,44+,47+,48+,49+,50+/m1/s1. The smallest absolute Gasteiger partial charge is 0.329 e. The molecule has 0 bridgehead atoms. The van der Waals surface area contributed by atoms with Crippen LogP contribution in [0.25, 0.3) is 0 Å². The van der Waals surface area contributed by atoms with Gasteiger partial charge in [-0.3, -0.25) is 38.6 Å². The van der Waals surface area contributed by atoms with Crippen molar-refractivity contribution in [2.75, 3.05) is 27.7 Å². The normalized spacial score (nSPS) is 18.0. The van der Waals surface area contributed by atoms with Crippen molar-refractivity contribution in [3.63, 3.8) is 0 Å². The Bertz CT molecular complexity index is 2300. The van der Waals surface area contributed by atoms with Crippen LogP contribution in [-0.2, 0) is 62.5 Å². The first kappa shape index (κ1) is 55.6. The number of hydrogen-bond acceptors (Lipinski definition) is 10. The van der Waals surface area contributed by atoms with E-state index in [1.165, 1.54) is 41.9 Å². The molecule has 15 heteroatoms. The van der Waals surface area contributed by atoms with Gasteiger partial charge in [0.15, 0.2) is 6.10 Å². The third kappa shape index (κ3) is 13.5. The third-order valence-corrected chi connectivity index (χ3v) is 13.7. The monoisotopic (exact) mass is 977 g/mol. The van der Waals surface area contributed by atoms with Crippen molar-refractivity contribution in [1.82, 2.24) is 29.8 Å². The van der Waals surface area contributed by atoms with Gasteiger partial charge in [0.05, 0.1) is 13.2 Å². The summed E-state index contributed by atoms with van der Waals surface area (Å²) in [4.78, 5) is 107. The van der Waals surface area contributed by atoms with E-state index in [0.717, 1.165) is 21.6 Å². The van der Waals surface area contributed by atoms with Crippen LogP contribution < -0.4 is 5.32 Å². The van der Waals surface area contributed by atoms with Gasteiger partial charge < -0.3 is 29.5 Å².